The predicted molar refractivity (Wildman–Crippen MR) is 335 cm³/mol. The van der Waals surface area contributed by atoms with E-state index < -0.39 is 6.10 Å². The van der Waals surface area contributed by atoms with Gasteiger partial charge in [0.25, 0.3) is 0 Å². The summed E-state index contributed by atoms with van der Waals surface area (Å²) in [4.78, 5) is 38.2. The van der Waals surface area contributed by atoms with E-state index in [2.05, 4.69) is 81.5 Å². The first-order chi connectivity index (χ1) is 38.0. The second-order valence-electron chi connectivity index (χ2n) is 22.7. The zero-order valence-electron chi connectivity index (χ0n) is 51.5. The Balaban J connectivity index is 4.12. The smallest absolute Gasteiger partial charge is 0.306 e. The fourth-order valence-electron chi connectivity index (χ4n) is 9.91. The van der Waals surface area contributed by atoms with Crippen molar-refractivity contribution in [2.75, 3.05) is 13.2 Å². The second-order valence-corrected chi connectivity index (χ2v) is 22.7. The van der Waals surface area contributed by atoms with Crippen molar-refractivity contribution in [3.8, 4) is 0 Å². The van der Waals surface area contributed by atoms with E-state index >= 15 is 0 Å². The summed E-state index contributed by atoms with van der Waals surface area (Å²) in [6.07, 6.45) is 84.0. The maximum absolute atomic E-state index is 12.9. The van der Waals surface area contributed by atoms with Crippen molar-refractivity contribution in [3.63, 3.8) is 0 Å². The van der Waals surface area contributed by atoms with Crippen molar-refractivity contribution < 1.29 is 28.6 Å². The standard InChI is InChI=1S/C71H128O6/c1-4-7-10-13-16-19-22-24-26-28-29-30-31-32-33-34-35-36-37-38-39-40-41-43-44-46-49-52-55-58-61-64-70(73)76-67-68(66-75-69(72)63-60-57-54-51-48-21-18-15-12-9-6-3)77-71(74)65-62-59-56-53-50-47-45-42-27-25-23-20-17-14-11-8-5-2/h8,11,15,17-18,20,25,27-29,68H,4-7,9-10,12-14,16,19,21-24,26,30-67H2,1-3H3/b11-8-,18-15-,20-17-,27-25-,29-28-. The molecule has 0 aromatic heterocycles. The van der Waals surface area contributed by atoms with Crippen LogP contribution >= 0.6 is 0 Å². The summed E-state index contributed by atoms with van der Waals surface area (Å²) in [6.45, 7) is 6.52. The zero-order chi connectivity index (χ0) is 55.7. The van der Waals surface area contributed by atoms with E-state index in [1.165, 1.54) is 225 Å². The van der Waals surface area contributed by atoms with Crippen LogP contribution < -0.4 is 0 Å². The SMILES string of the molecule is CC/C=C\C/C=C\C/C=C\CCCCCCCCCC(=O)OC(COC(=O)CCCCCCC/C=C\CCCC)COC(=O)CCCCCCCCCCCCCCCCCCCCC/C=C\CCCCCCCCCC. The Morgan fingerprint density at radius 3 is 0.844 bits per heavy atom. The first kappa shape index (κ1) is 74.1. The van der Waals surface area contributed by atoms with Gasteiger partial charge < -0.3 is 14.2 Å². The number of allylic oxidation sites excluding steroid dienone is 10. The average molecular weight is 1080 g/mol. The number of esters is 3. The van der Waals surface area contributed by atoms with E-state index in [0.717, 1.165) is 89.9 Å². The van der Waals surface area contributed by atoms with Crippen LogP contribution in [-0.4, -0.2) is 37.2 Å². The summed E-state index contributed by atoms with van der Waals surface area (Å²) in [6, 6.07) is 0. The molecule has 0 bridgehead atoms. The Morgan fingerprint density at radius 1 is 0.273 bits per heavy atom. The summed E-state index contributed by atoms with van der Waals surface area (Å²) in [5.74, 6) is -0.881. The minimum atomic E-state index is -0.782. The molecule has 6 heteroatoms. The topological polar surface area (TPSA) is 78.9 Å². The Bertz CT molecular complexity index is 1380. The lowest BCUT2D eigenvalue weighted by molar-refractivity contribution is -0.167. The van der Waals surface area contributed by atoms with Crippen molar-refractivity contribution in [2.24, 2.45) is 0 Å². The van der Waals surface area contributed by atoms with Gasteiger partial charge in [-0.1, -0.05) is 300 Å². The fraction of sp³-hybridized carbons (Fsp3) is 0.817. The molecule has 0 spiro atoms. The molecule has 0 saturated heterocycles. The van der Waals surface area contributed by atoms with Gasteiger partial charge in [-0.3, -0.25) is 14.4 Å². The average Bonchev–Trinajstić information content (AvgIpc) is 3.43. The lowest BCUT2D eigenvalue weighted by Crippen LogP contribution is -2.30. The molecule has 0 saturated carbocycles. The maximum Gasteiger partial charge on any atom is 0.306 e. The molecule has 77 heavy (non-hydrogen) atoms. The number of rotatable bonds is 62. The van der Waals surface area contributed by atoms with E-state index in [0.29, 0.717) is 19.3 Å². The van der Waals surface area contributed by atoms with Gasteiger partial charge >= 0.3 is 17.9 Å². The highest BCUT2D eigenvalue weighted by Crippen LogP contribution is 2.18. The third-order valence-electron chi connectivity index (χ3n) is 15.0. The van der Waals surface area contributed by atoms with Gasteiger partial charge in [-0.05, 0) is 96.3 Å². The number of ether oxygens (including phenoxy) is 3. The van der Waals surface area contributed by atoms with Crippen LogP contribution in [0, 0.1) is 0 Å². The second kappa shape index (κ2) is 65.6. The molecule has 0 N–H and O–H groups in total. The number of hydrogen-bond donors (Lipinski definition) is 0. The van der Waals surface area contributed by atoms with Crippen LogP contribution in [0.3, 0.4) is 0 Å². The molecule has 6 nitrogen and oxygen atoms in total. The minimum Gasteiger partial charge on any atom is -0.462 e. The molecule has 0 radical (unpaired) electrons. The number of unbranched alkanes of at least 4 members (excludes halogenated alkanes) is 41. The molecule has 0 aromatic carbocycles. The van der Waals surface area contributed by atoms with Crippen molar-refractivity contribution in [1.29, 1.82) is 0 Å². The summed E-state index contributed by atoms with van der Waals surface area (Å²) in [5.41, 5.74) is 0. The van der Waals surface area contributed by atoms with E-state index in [1.54, 1.807) is 0 Å². The molecular formula is C71H128O6. The van der Waals surface area contributed by atoms with Gasteiger partial charge in [0.1, 0.15) is 13.2 Å². The van der Waals surface area contributed by atoms with Gasteiger partial charge in [0.05, 0.1) is 0 Å². The normalized spacial score (nSPS) is 12.4. The highest BCUT2D eigenvalue weighted by atomic mass is 16.6. The molecule has 0 aliphatic heterocycles. The van der Waals surface area contributed by atoms with Crippen molar-refractivity contribution in [2.45, 2.75) is 361 Å². The van der Waals surface area contributed by atoms with Crippen LogP contribution in [0.1, 0.15) is 355 Å². The number of carbonyl (C=O) groups excluding carboxylic acids is 3. The van der Waals surface area contributed by atoms with E-state index in [1.807, 2.05) is 0 Å². The highest BCUT2D eigenvalue weighted by Gasteiger charge is 2.19. The lowest BCUT2D eigenvalue weighted by Gasteiger charge is -2.18. The summed E-state index contributed by atoms with van der Waals surface area (Å²) >= 11 is 0. The zero-order valence-corrected chi connectivity index (χ0v) is 51.5. The summed E-state index contributed by atoms with van der Waals surface area (Å²) < 4.78 is 16.9. The van der Waals surface area contributed by atoms with E-state index in [9.17, 15) is 14.4 Å². The van der Waals surface area contributed by atoms with Gasteiger partial charge in [-0.2, -0.15) is 0 Å². The molecule has 0 rings (SSSR count). The molecular weight excluding hydrogens is 949 g/mol. The van der Waals surface area contributed by atoms with Crippen LogP contribution in [0.2, 0.25) is 0 Å². The first-order valence-electron chi connectivity index (χ1n) is 33.8. The van der Waals surface area contributed by atoms with Crippen LogP contribution in [0.4, 0.5) is 0 Å². The lowest BCUT2D eigenvalue weighted by atomic mass is 10.0. The predicted octanol–water partition coefficient (Wildman–Crippen LogP) is 23.1. The van der Waals surface area contributed by atoms with Gasteiger partial charge in [0, 0.05) is 19.3 Å². The van der Waals surface area contributed by atoms with Crippen molar-refractivity contribution >= 4 is 17.9 Å². The largest absolute Gasteiger partial charge is 0.462 e. The van der Waals surface area contributed by atoms with Crippen LogP contribution in [0.5, 0.6) is 0 Å². The third kappa shape index (κ3) is 63.8. The molecule has 0 amide bonds. The molecule has 0 fully saturated rings. The Kier molecular flexibility index (Phi) is 63.2. The molecule has 0 heterocycles. The number of carbonyl (C=O) groups is 3. The van der Waals surface area contributed by atoms with Crippen LogP contribution in [-0.2, 0) is 28.6 Å². The maximum atomic E-state index is 12.9. The van der Waals surface area contributed by atoms with E-state index in [4.69, 9.17) is 14.2 Å². The van der Waals surface area contributed by atoms with E-state index in [-0.39, 0.29) is 31.1 Å². The Labute approximate surface area is 479 Å². The molecule has 1 atom stereocenters. The van der Waals surface area contributed by atoms with Crippen LogP contribution in [0.25, 0.3) is 0 Å². The third-order valence-corrected chi connectivity index (χ3v) is 15.0. The van der Waals surface area contributed by atoms with Gasteiger partial charge in [0.15, 0.2) is 6.10 Å². The fourth-order valence-corrected chi connectivity index (χ4v) is 9.91. The first-order valence-corrected chi connectivity index (χ1v) is 33.8. The van der Waals surface area contributed by atoms with Crippen molar-refractivity contribution in [3.05, 3.63) is 60.8 Å². The van der Waals surface area contributed by atoms with Gasteiger partial charge in [-0.25, -0.2) is 0 Å². The van der Waals surface area contributed by atoms with Gasteiger partial charge in [-0.15, -0.1) is 0 Å². The van der Waals surface area contributed by atoms with Crippen molar-refractivity contribution in [1.82, 2.24) is 0 Å². The Morgan fingerprint density at radius 2 is 0.519 bits per heavy atom. The molecule has 448 valence electrons. The van der Waals surface area contributed by atoms with Crippen LogP contribution in [0.15, 0.2) is 60.8 Å². The quantitative estimate of drug-likeness (QED) is 0.0261. The number of hydrogen-bond acceptors (Lipinski definition) is 6. The highest BCUT2D eigenvalue weighted by molar-refractivity contribution is 5.71. The minimum absolute atomic E-state index is 0.0780. The molecule has 0 aromatic rings. The molecule has 0 aliphatic carbocycles. The summed E-state index contributed by atoms with van der Waals surface area (Å²) in [5, 5.41) is 0. The summed E-state index contributed by atoms with van der Waals surface area (Å²) in [7, 11) is 0. The monoisotopic (exact) mass is 1080 g/mol. The van der Waals surface area contributed by atoms with Gasteiger partial charge in [0.2, 0.25) is 0 Å². The molecule has 0 aliphatic rings. The molecule has 1 unspecified atom stereocenters. The Hall–Kier alpha value is -2.89.